The molecule has 0 aromatic carbocycles. The molecule has 5 heteroatoms. The molecule has 0 saturated carbocycles. The molecule has 2 aromatic rings. The van der Waals surface area contributed by atoms with Crippen LogP contribution in [0.1, 0.15) is 0 Å². The second-order valence-corrected chi connectivity index (χ2v) is 2.39. The van der Waals surface area contributed by atoms with Gasteiger partial charge in [0.05, 0.1) is 17.9 Å². The lowest BCUT2D eigenvalue weighted by Gasteiger charge is -1.90. The van der Waals surface area contributed by atoms with Gasteiger partial charge in [0.25, 0.3) is 0 Å². The second-order valence-electron chi connectivity index (χ2n) is 2.05. The fourth-order valence-electron chi connectivity index (χ4n) is 0.853. The molecule has 0 unspecified atom stereocenters. The van der Waals surface area contributed by atoms with Crippen LogP contribution in [-0.4, -0.2) is 14.6 Å². The molecule has 0 aliphatic heterocycles. The summed E-state index contributed by atoms with van der Waals surface area (Å²) in [6.45, 7) is 0. The SMILES string of the molecule is Fc1cc2cnc(Cl)nn2c1. The van der Waals surface area contributed by atoms with E-state index in [1.54, 1.807) is 0 Å². The molecule has 0 radical (unpaired) electrons. The molecule has 3 nitrogen and oxygen atoms in total. The predicted molar refractivity (Wildman–Crippen MR) is 38.0 cm³/mol. The van der Waals surface area contributed by atoms with Crippen LogP contribution in [0.2, 0.25) is 5.28 Å². The Bertz CT molecular complexity index is 398. The highest BCUT2D eigenvalue weighted by Crippen LogP contribution is 2.07. The van der Waals surface area contributed by atoms with E-state index in [1.165, 1.54) is 23.0 Å². The summed E-state index contributed by atoms with van der Waals surface area (Å²) in [6, 6.07) is 1.33. The van der Waals surface area contributed by atoms with E-state index in [4.69, 9.17) is 11.6 Å². The van der Waals surface area contributed by atoms with Crippen molar-refractivity contribution in [3.05, 3.63) is 29.6 Å². The summed E-state index contributed by atoms with van der Waals surface area (Å²) in [7, 11) is 0. The van der Waals surface area contributed by atoms with Crippen LogP contribution in [0.15, 0.2) is 18.5 Å². The number of aromatic nitrogens is 3. The Morgan fingerprint density at radius 1 is 1.55 bits per heavy atom. The molecular weight excluding hydrogens is 169 g/mol. The van der Waals surface area contributed by atoms with Gasteiger partial charge in [0, 0.05) is 6.07 Å². The van der Waals surface area contributed by atoms with Crippen molar-refractivity contribution in [1.82, 2.24) is 14.6 Å². The molecule has 0 aliphatic rings. The molecule has 2 rings (SSSR count). The molecule has 0 fully saturated rings. The Morgan fingerprint density at radius 3 is 3.18 bits per heavy atom. The highest BCUT2D eigenvalue weighted by Gasteiger charge is 1.99. The first-order chi connectivity index (χ1) is 5.25. The van der Waals surface area contributed by atoms with E-state index in [1.807, 2.05) is 0 Å². The van der Waals surface area contributed by atoms with Gasteiger partial charge in [0.2, 0.25) is 5.28 Å². The van der Waals surface area contributed by atoms with E-state index in [9.17, 15) is 4.39 Å². The van der Waals surface area contributed by atoms with Crippen molar-refractivity contribution in [3.8, 4) is 0 Å². The number of halogens is 2. The molecule has 0 N–H and O–H groups in total. The number of hydrogen-bond donors (Lipinski definition) is 0. The standard InChI is InChI=1S/C6H3ClFN3/c7-6-9-2-5-1-4(8)3-11(5)10-6/h1-3H. The zero-order valence-electron chi connectivity index (χ0n) is 5.33. The van der Waals surface area contributed by atoms with Crippen molar-refractivity contribution < 1.29 is 4.39 Å². The number of fused-ring (bicyclic) bond motifs is 1. The van der Waals surface area contributed by atoms with Crippen molar-refractivity contribution >= 4 is 17.1 Å². The Balaban J connectivity index is 2.82. The minimum Gasteiger partial charge on any atom is -0.233 e. The van der Waals surface area contributed by atoms with Gasteiger partial charge in [-0.1, -0.05) is 0 Å². The maximum absolute atomic E-state index is 12.5. The molecule has 0 spiro atoms. The van der Waals surface area contributed by atoms with Gasteiger partial charge < -0.3 is 0 Å². The summed E-state index contributed by atoms with van der Waals surface area (Å²) < 4.78 is 13.9. The van der Waals surface area contributed by atoms with Crippen LogP contribution in [0.25, 0.3) is 5.52 Å². The summed E-state index contributed by atoms with van der Waals surface area (Å²) in [5, 5.41) is 3.83. The Morgan fingerprint density at radius 2 is 2.36 bits per heavy atom. The van der Waals surface area contributed by atoms with Crippen molar-refractivity contribution in [3.63, 3.8) is 0 Å². The molecule has 0 bridgehead atoms. The summed E-state index contributed by atoms with van der Waals surface area (Å²) >= 11 is 5.46. The highest BCUT2D eigenvalue weighted by atomic mass is 35.5. The third-order valence-corrected chi connectivity index (χ3v) is 1.46. The van der Waals surface area contributed by atoms with Crippen LogP contribution >= 0.6 is 11.6 Å². The molecule has 56 valence electrons. The molecule has 0 atom stereocenters. The minimum absolute atomic E-state index is 0.105. The summed E-state index contributed by atoms with van der Waals surface area (Å²) in [5.74, 6) is -0.346. The first kappa shape index (κ1) is 6.54. The maximum Gasteiger partial charge on any atom is 0.241 e. The molecule has 0 amide bonds. The Kier molecular flexibility index (Phi) is 1.29. The van der Waals surface area contributed by atoms with Crippen LogP contribution in [-0.2, 0) is 0 Å². The minimum atomic E-state index is -0.346. The van der Waals surface area contributed by atoms with Crippen molar-refractivity contribution in [2.75, 3.05) is 0 Å². The lowest BCUT2D eigenvalue weighted by Crippen LogP contribution is -1.90. The smallest absolute Gasteiger partial charge is 0.233 e. The number of nitrogens with zero attached hydrogens (tertiary/aromatic N) is 3. The second kappa shape index (κ2) is 2.17. The van der Waals surface area contributed by atoms with Crippen molar-refractivity contribution in [1.29, 1.82) is 0 Å². The summed E-state index contributed by atoms with van der Waals surface area (Å²) in [4.78, 5) is 3.69. The molecule has 2 heterocycles. The topological polar surface area (TPSA) is 30.2 Å². The first-order valence-corrected chi connectivity index (χ1v) is 3.30. The predicted octanol–water partition coefficient (Wildman–Crippen LogP) is 1.52. The van der Waals surface area contributed by atoms with Gasteiger partial charge in [-0.2, -0.15) is 0 Å². The zero-order chi connectivity index (χ0) is 7.84. The molecule has 0 aliphatic carbocycles. The number of rotatable bonds is 0. The third-order valence-electron chi connectivity index (χ3n) is 1.29. The van der Waals surface area contributed by atoms with E-state index in [-0.39, 0.29) is 11.1 Å². The van der Waals surface area contributed by atoms with E-state index < -0.39 is 0 Å². The first-order valence-electron chi connectivity index (χ1n) is 2.92. The fraction of sp³-hybridized carbons (Fsp3) is 0. The van der Waals surface area contributed by atoms with Gasteiger partial charge in [-0.25, -0.2) is 13.9 Å². The van der Waals surface area contributed by atoms with Gasteiger partial charge in [-0.15, -0.1) is 5.10 Å². The van der Waals surface area contributed by atoms with Crippen LogP contribution in [0.4, 0.5) is 4.39 Å². The Labute approximate surface area is 66.4 Å². The third kappa shape index (κ3) is 1.05. The largest absolute Gasteiger partial charge is 0.241 e. The zero-order valence-corrected chi connectivity index (χ0v) is 6.09. The van der Waals surface area contributed by atoms with E-state index in [0.29, 0.717) is 5.52 Å². The van der Waals surface area contributed by atoms with Gasteiger partial charge in [-0.3, -0.25) is 0 Å². The molecule has 0 saturated heterocycles. The average molecular weight is 172 g/mol. The lowest BCUT2D eigenvalue weighted by molar-refractivity contribution is 0.625. The monoisotopic (exact) mass is 171 g/mol. The van der Waals surface area contributed by atoms with Crippen LogP contribution in [0.5, 0.6) is 0 Å². The fourth-order valence-corrected chi connectivity index (χ4v) is 0.983. The summed E-state index contributed by atoms with van der Waals surface area (Å²) in [5.41, 5.74) is 0.590. The molecule has 11 heavy (non-hydrogen) atoms. The van der Waals surface area contributed by atoms with E-state index in [2.05, 4.69) is 10.1 Å². The van der Waals surface area contributed by atoms with E-state index >= 15 is 0 Å². The number of hydrogen-bond acceptors (Lipinski definition) is 2. The van der Waals surface area contributed by atoms with Gasteiger partial charge in [0.1, 0.15) is 5.82 Å². The van der Waals surface area contributed by atoms with Crippen LogP contribution in [0, 0.1) is 5.82 Å². The van der Waals surface area contributed by atoms with Gasteiger partial charge >= 0.3 is 0 Å². The normalized spacial score (nSPS) is 10.7. The average Bonchev–Trinajstić information content (AvgIpc) is 2.27. The van der Waals surface area contributed by atoms with E-state index in [0.717, 1.165) is 0 Å². The lowest BCUT2D eigenvalue weighted by atomic mass is 10.5. The van der Waals surface area contributed by atoms with Crippen molar-refractivity contribution in [2.24, 2.45) is 0 Å². The quantitative estimate of drug-likeness (QED) is 0.602. The molecule has 2 aromatic heterocycles. The maximum atomic E-state index is 12.5. The Hall–Kier alpha value is -1.16. The van der Waals surface area contributed by atoms with Crippen molar-refractivity contribution in [2.45, 2.75) is 0 Å². The van der Waals surface area contributed by atoms with Crippen LogP contribution < -0.4 is 0 Å². The molecular formula is C6H3ClFN3. The van der Waals surface area contributed by atoms with Gasteiger partial charge in [-0.05, 0) is 11.6 Å². The highest BCUT2D eigenvalue weighted by molar-refractivity contribution is 6.28. The van der Waals surface area contributed by atoms with Gasteiger partial charge in [0.15, 0.2) is 0 Å². The van der Waals surface area contributed by atoms with Crippen LogP contribution in [0.3, 0.4) is 0 Å². The summed E-state index contributed by atoms with van der Waals surface area (Å²) in [6.07, 6.45) is 2.70.